The van der Waals surface area contributed by atoms with Crippen LogP contribution in [0.15, 0.2) is 102 Å². The molecule has 11 heteroatoms. The maximum Gasteiger partial charge on any atom is 0.264 e. The van der Waals surface area contributed by atoms with Crippen molar-refractivity contribution in [2.45, 2.75) is 64.1 Å². The van der Waals surface area contributed by atoms with Crippen LogP contribution in [-0.4, -0.2) is 49.9 Å². The maximum absolute atomic E-state index is 14.8. The summed E-state index contributed by atoms with van der Waals surface area (Å²) in [6.07, 6.45) is 0.150. The first-order chi connectivity index (χ1) is 22.7. The molecule has 0 radical (unpaired) electrons. The summed E-state index contributed by atoms with van der Waals surface area (Å²) < 4.78 is 35.6. The summed E-state index contributed by atoms with van der Waals surface area (Å²) in [6.45, 7) is 8.67. The van der Waals surface area contributed by atoms with Crippen molar-refractivity contribution in [3.05, 3.63) is 124 Å². The van der Waals surface area contributed by atoms with E-state index in [2.05, 4.69) is 5.32 Å². The number of amides is 2. The van der Waals surface area contributed by atoms with Gasteiger partial charge in [0.1, 0.15) is 18.3 Å². The lowest BCUT2D eigenvalue weighted by Crippen LogP contribution is -2.56. The fourth-order valence-electron chi connectivity index (χ4n) is 5.15. The lowest BCUT2D eigenvalue weighted by Gasteiger charge is -2.35. The van der Waals surface area contributed by atoms with E-state index < -0.39 is 40.0 Å². The second-order valence-corrected chi connectivity index (χ2v) is 15.1. The molecule has 0 saturated heterocycles. The first-order valence-electron chi connectivity index (χ1n) is 15.6. The zero-order valence-corrected chi connectivity index (χ0v) is 30.1. The summed E-state index contributed by atoms with van der Waals surface area (Å²) in [5.41, 5.74) is 1.67. The van der Waals surface area contributed by atoms with E-state index in [0.29, 0.717) is 15.6 Å². The minimum atomic E-state index is -4.31. The van der Waals surface area contributed by atoms with Gasteiger partial charge in [0.25, 0.3) is 10.0 Å². The van der Waals surface area contributed by atoms with E-state index in [1.807, 2.05) is 58.0 Å². The van der Waals surface area contributed by atoms with Crippen molar-refractivity contribution >= 4 is 50.7 Å². The summed E-state index contributed by atoms with van der Waals surface area (Å²) in [5.74, 6) is -0.765. The monoisotopic (exact) mass is 709 g/mol. The van der Waals surface area contributed by atoms with Gasteiger partial charge >= 0.3 is 0 Å². The van der Waals surface area contributed by atoms with E-state index in [4.69, 9.17) is 27.9 Å². The average molecular weight is 711 g/mol. The Labute approximate surface area is 293 Å². The zero-order chi connectivity index (χ0) is 35.1. The fourth-order valence-corrected chi connectivity index (χ4v) is 7.09. The summed E-state index contributed by atoms with van der Waals surface area (Å²) in [6, 6.07) is 26.3. The van der Waals surface area contributed by atoms with Gasteiger partial charge in [-0.25, -0.2) is 8.42 Å². The minimum absolute atomic E-state index is 0.000731. The highest BCUT2D eigenvalue weighted by Crippen LogP contribution is 2.34. The maximum atomic E-state index is 14.8. The van der Waals surface area contributed by atoms with Crippen LogP contribution in [0.25, 0.3) is 0 Å². The van der Waals surface area contributed by atoms with Gasteiger partial charge in [0, 0.05) is 34.1 Å². The molecule has 4 rings (SSSR count). The second kappa shape index (κ2) is 15.9. The molecule has 0 bridgehead atoms. The molecule has 0 unspecified atom stereocenters. The molecule has 1 atom stereocenters. The zero-order valence-electron chi connectivity index (χ0n) is 27.7. The SMILES string of the molecule is CCOc1ccccc1N(CC(=O)N(Cc1c(Cl)cccc1Cl)[C@@H](Cc1ccccc1)C(=O)NC(C)(C)C)S(=O)(=O)c1ccc(C)cc1. The Bertz CT molecular complexity index is 1810. The van der Waals surface area contributed by atoms with E-state index in [9.17, 15) is 18.0 Å². The first-order valence-corrected chi connectivity index (χ1v) is 17.8. The Morgan fingerprint density at radius 3 is 2.06 bits per heavy atom. The quantitative estimate of drug-likeness (QED) is 0.156. The predicted octanol–water partition coefficient (Wildman–Crippen LogP) is 7.45. The number of halogens is 2. The van der Waals surface area contributed by atoms with Crippen molar-refractivity contribution < 1.29 is 22.7 Å². The molecule has 4 aromatic carbocycles. The van der Waals surface area contributed by atoms with E-state index >= 15 is 0 Å². The topological polar surface area (TPSA) is 96.0 Å². The molecule has 0 heterocycles. The molecule has 0 spiro atoms. The third-order valence-corrected chi connectivity index (χ3v) is 9.96. The molecular weight excluding hydrogens is 669 g/mol. The summed E-state index contributed by atoms with van der Waals surface area (Å²) in [5, 5.41) is 3.62. The molecule has 0 aliphatic carbocycles. The van der Waals surface area contributed by atoms with Gasteiger partial charge in [0.2, 0.25) is 11.8 Å². The number of anilines is 1. The molecule has 0 aliphatic rings. The molecule has 0 aliphatic heterocycles. The number of carbonyl (C=O) groups is 2. The van der Waals surface area contributed by atoms with Crippen molar-refractivity contribution in [2.24, 2.45) is 0 Å². The molecular formula is C37H41Cl2N3O5S. The Morgan fingerprint density at radius 1 is 0.854 bits per heavy atom. The summed E-state index contributed by atoms with van der Waals surface area (Å²) in [7, 11) is -4.31. The predicted molar refractivity (Wildman–Crippen MR) is 192 cm³/mol. The number of aryl methyl sites for hydroxylation is 1. The highest BCUT2D eigenvalue weighted by atomic mass is 35.5. The number of rotatable bonds is 13. The van der Waals surface area contributed by atoms with Crippen LogP contribution < -0.4 is 14.4 Å². The highest BCUT2D eigenvalue weighted by molar-refractivity contribution is 7.92. The largest absolute Gasteiger partial charge is 0.492 e. The van der Waals surface area contributed by atoms with Gasteiger partial charge in [-0.1, -0.05) is 89.4 Å². The third-order valence-electron chi connectivity index (χ3n) is 7.48. The Hall–Kier alpha value is -4.05. The van der Waals surface area contributed by atoms with Crippen LogP contribution in [-0.2, 0) is 32.6 Å². The van der Waals surface area contributed by atoms with Crippen LogP contribution in [0.5, 0.6) is 5.75 Å². The number of hydrogen-bond acceptors (Lipinski definition) is 5. The Kier molecular flexibility index (Phi) is 12.2. The summed E-state index contributed by atoms with van der Waals surface area (Å²) >= 11 is 13.2. The molecule has 2 amide bonds. The number of ether oxygens (including phenoxy) is 1. The van der Waals surface area contributed by atoms with Crippen LogP contribution in [0, 0.1) is 6.92 Å². The number of hydrogen-bond donors (Lipinski definition) is 1. The minimum Gasteiger partial charge on any atom is -0.492 e. The summed E-state index contributed by atoms with van der Waals surface area (Å²) in [4.78, 5) is 30.2. The van der Waals surface area contributed by atoms with E-state index in [1.165, 1.54) is 17.0 Å². The van der Waals surface area contributed by atoms with Crippen LogP contribution in [0.4, 0.5) is 5.69 Å². The number of benzene rings is 4. The second-order valence-electron chi connectivity index (χ2n) is 12.4. The van der Waals surface area contributed by atoms with Crippen LogP contribution in [0.2, 0.25) is 10.0 Å². The lowest BCUT2D eigenvalue weighted by atomic mass is 10.0. The van der Waals surface area contributed by atoms with E-state index in [1.54, 1.807) is 61.5 Å². The molecule has 4 aromatic rings. The Balaban J connectivity index is 1.89. The highest BCUT2D eigenvalue weighted by Gasteiger charge is 2.37. The number of sulfonamides is 1. The molecule has 254 valence electrons. The van der Waals surface area contributed by atoms with Crippen molar-refractivity contribution in [2.75, 3.05) is 17.5 Å². The molecule has 0 aromatic heterocycles. The van der Waals surface area contributed by atoms with Gasteiger partial charge in [-0.15, -0.1) is 0 Å². The van der Waals surface area contributed by atoms with Gasteiger partial charge in [-0.05, 0) is 76.6 Å². The average Bonchev–Trinajstić information content (AvgIpc) is 3.03. The standard InChI is InChI=1S/C37H41Cl2N3O5S/c1-6-47-34-18-11-10-17-32(34)42(48(45,46)28-21-19-26(2)20-22-28)25-35(43)41(24-29-30(38)15-12-16-31(29)39)33(36(44)40-37(3,4)5)23-27-13-8-7-9-14-27/h7-22,33H,6,23-25H2,1-5H3,(H,40,44)/t33-/m0/s1. The normalized spacial score (nSPS) is 12.2. The number of nitrogens with one attached hydrogen (secondary N) is 1. The van der Waals surface area contributed by atoms with Crippen molar-refractivity contribution in [1.29, 1.82) is 0 Å². The van der Waals surface area contributed by atoms with Crippen molar-refractivity contribution in [3.63, 3.8) is 0 Å². The van der Waals surface area contributed by atoms with Gasteiger partial charge in [0.05, 0.1) is 17.2 Å². The van der Waals surface area contributed by atoms with Crippen LogP contribution in [0.3, 0.4) is 0 Å². The third kappa shape index (κ3) is 9.30. The number of para-hydroxylation sites is 2. The molecule has 0 saturated carbocycles. The number of carbonyl (C=O) groups excluding carboxylic acids is 2. The van der Waals surface area contributed by atoms with E-state index in [0.717, 1.165) is 15.4 Å². The van der Waals surface area contributed by atoms with Crippen LogP contribution in [0.1, 0.15) is 44.4 Å². The first kappa shape index (κ1) is 36.8. The number of nitrogens with zero attached hydrogens (tertiary/aromatic N) is 2. The molecule has 1 N–H and O–H groups in total. The fraction of sp³-hybridized carbons (Fsp3) is 0.297. The lowest BCUT2D eigenvalue weighted by molar-refractivity contribution is -0.140. The van der Waals surface area contributed by atoms with Crippen molar-refractivity contribution in [3.8, 4) is 5.75 Å². The van der Waals surface area contributed by atoms with Crippen molar-refractivity contribution in [1.82, 2.24) is 10.2 Å². The van der Waals surface area contributed by atoms with Crippen LogP contribution >= 0.6 is 23.2 Å². The molecule has 8 nitrogen and oxygen atoms in total. The van der Waals surface area contributed by atoms with Gasteiger partial charge < -0.3 is 15.0 Å². The Morgan fingerprint density at radius 2 is 1.46 bits per heavy atom. The van der Waals surface area contributed by atoms with Gasteiger partial charge in [-0.3, -0.25) is 13.9 Å². The van der Waals surface area contributed by atoms with Gasteiger partial charge in [0.15, 0.2) is 0 Å². The molecule has 0 fully saturated rings. The van der Waals surface area contributed by atoms with Gasteiger partial charge in [-0.2, -0.15) is 0 Å². The van der Waals surface area contributed by atoms with E-state index in [-0.39, 0.29) is 35.9 Å². The molecule has 48 heavy (non-hydrogen) atoms. The smallest absolute Gasteiger partial charge is 0.264 e.